The van der Waals surface area contributed by atoms with Gasteiger partial charge in [-0.15, -0.1) is 11.8 Å². The minimum Gasteiger partial charge on any atom is -0.396 e. The molecule has 2 rings (SSSR count). The van der Waals surface area contributed by atoms with Crippen LogP contribution in [0.3, 0.4) is 0 Å². The van der Waals surface area contributed by atoms with Crippen molar-refractivity contribution in [2.24, 2.45) is 0 Å². The summed E-state index contributed by atoms with van der Waals surface area (Å²) in [6.45, 7) is 3.61. The standard InChI is InChI=1S/C15H17NO3S/c1-10(2)16-14(18)12(11-6-4-3-5-7-11)13(15(16)19)20-9-8-17/h3-7,10,17H,8-9H2,1-2H3. The molecule has 1 heterocycles. The maximum absolute atomic E-state index is 12.5. The summed E-state index contributed by atoms with van der Waals surface area (Å²) in [6, 6.07) is 9.01. The molecule has 5 heteroatoms. The Morgan fingerprint density at radius 3 is 2.35 bits per heavy atom. The lowest BCUT2D eigenvalue weighted by atomic mass is 10.1. The lowest BCUT2D eigenvalue weighted by Crippen LogP contribution is -2.37. The monoisotopic (exact) mass is 291 g/mol. The summed E-state index contributed by atoms with van der Waals surface area (Å²) in [5, 5.41) is 8.96. The molecular formula is C15H17NO3S. The molecule has 1 aliphatic rings. The van der Waals surface area contributed by atoms with Crippen LogP contribution in [0.1, 0.15) is 19.4 Å². The van der Waals surface area contributed by atoms with Crippen LogP contribution in [-0.2, 0) is 9.59 Å². The molecule has 1 N–H and O–H groups in total. The fraction of sp³-hybridized carbons (Fsp3) is 0.333. The predicted octanol–water partition coefficient (Wildman–Crippen LogP) is 1.90. The van der Waals surface area contributed by atoms with Gasteiger partial charge in [-0.3, -0.25) is 14.5 Å². The summed E-state index contributed by atoms with van der Waals surface area (Å²) in [7, 11) is 0. The van der Waals surface area contributed by atoms with E-state index in [-0.39, 0.29) is 24.5 Å². The van der Waals surface area contributed by atoms with E-state index in [0.717, 1.165) is 5.56 Å². The minimum atomic E-state index is -0.262. The fourth-order valence-corrected chi connectivity index (χ4v) is 3.00. The molecule has 20 heavy (non-hydrogen) atoms. The van der Waals surface area contributed by atoms with Gasteiger partial charge >= 0.3 is 0 Å². The van der Waals surface area contributed by atoms with E-state index in [1.807, 2.05) is 44.2 Å². The van der Waals surface area contributed by atoms with Gasteiger partial charge in [0, 0.05) is 11.8 Å². The topological polar surface area (TPSA) is 57.6 Å². The normalized spacial score (nSPS) is 15.7. The van der Waals surface area contributed by atoms with E-state index in [2.05, 4.69) is 0 Å². The van der Waals surface area contributed by atoms with Crippen LogP contribution in [0, 0.1) is 0 Å². The molecule has 0 fully saturated rings. The smallest absolute Gasteiger partial charge is 0.268 e. The highest BCUT2D eigenvalue weighted by atomic mass is 32.2. The van der Waals surface area contributed by atoms with Gasteiger partial charge in [-0.25, -0.2) is 0 Å². The molecule has 0 saturated heterocycles. The van der Waals surface area contributed by atoms with Crippen molar-refractivity contribution in [3.8, 4) is 0 Å². The molecule has 0 unspecified atom stereocenters. The zero-order valence-electron chi connectivity index (χ0n) is 11.5. The number of hydrogen-bond donors (Lipinski definition) is 1. The van der Waals surface area contributed by atoms with Crippen molar-refractivity contribution in [2.45, 2.75) is 19.9 Å². The summed E-state index contributed by atoms with van der Waals surface area (Å²) in [5.41, 5.74) is 1.19. The molecule has 1 aliphatic heterocycles. The van der Waals surface area contributed by atoms with Crippen molar-refractivity contribution < 1.29 is 14.7 Å². The van der Waals surface area contributed by atoms with Crippen LogP contribution in [0.15, 0.2) is 35.2 Å². The van der Waals surface area contributed by atoms with E-state index in [9.17, 15) is 9.59 Å². The maximum Gasteiger partial charge on any atom is 0.268 e. The van der Waals surface area contributed by atoms with E-state index in [0.29, 0.717) is 16.2 Å². The summed E-state index contributed by atoms with van der Waals surface area (Å²) in [6.07, 6.45) is 0. The molecule has 0 radical (unpaired) electrons. The highest BCUT2D eigenvalue weighted by molar-refractivity contribution is 8.04. The van der Waals surface area contributed by atoms with Crippen LogP contribution >= 0.6 is 11.8 Å². The van der Waals surface area contributed by atoms with Gasteiger partial charge in [0.2, 0.25) is 0 Å². The van der Waals surface area contributed by atoms with Gasteiger partial charge < -0.3 is 5.11 Å². The number of benzene rings is 1. The van der Waals surface area contributed by atoms with E-state index < -0.39 is 0 Å². The number of rotatable bonds is 5. The van der Waals surface area contributed by atoms with Gasteiger partial charge in [-0.05, 0) is 19.4 Å². The zero-order valence-corrected chi connectivity index (χ0v) is 12.3. The molecule has 2 amide bonds. The van der Waals surface area contributed by atoms with Crippen LogP contribution in [0.5, 0.6) is 0 Å². The van der Waals surface area contributed by atoms with Crippen molar-refractivity contribution in [1.29, 1.82) is 0 Å². The summed E-state index contributed by atoms with van der Waals surface area (Å²) >= 11 is 1.24. The molecule has 106 valence electrons. The Balaban J connectivity index is 2.47. The lowest BCUT2D eigenvalue weighted by molar-refractivity contribution is -0.138. The number of hydrogen-bond acceptors (Lipinski definition) is 4. The van der Waals surface area contributed by atoms with Crippen LogP contribution in [0.25, 0.3) is 5.57 Å². The number of carbonyl (C=O) groups excluding carboxylic acids is 2. The second-order valence-corrected chi connectivity index (χ2v) is 5.82. The first-order valence-corrected chi connectivity index (χ1v) is 7.47. The summed E-state index contributed by atoms with van der Waals surface area (Å²) in [4.78, 5) is 26.6. The van der Waals surface area contributed by atoms with E-state index in [1.165, 1.54) is 16.7 Å². The van der Waals surface area contributed by atoms with Crippen LogP contribution < -0.4 is 0 Å². The Hall–Kier alpha value is -1.59. The van der Waals surface area contributed by atoms with Gasteiger partial charge in [-0.1, -0.05) is 30.3 Å². The van der Waals surface area contributed by atoms with Gasteiger partial charge in [0.25, 0.3) is 11.8 Å². The maximum atomic E-state index is 12.5. The van der Waals surface area contributed by atoms with E-state index >= 15 is 0 Å². The second-order valence-electron chi connectivity index (χ2n) is 4.72. The Bertz CT molecular complexity index is 551. The lowest BCUT2D eigenvalue weighted by Gasteiger charge is -2.19. The van der Waals surface area contributed by atoms with Crippen LogP contribution in [-0.4, -0.2) is 40.2 Å². The van der Waals surface area contributed by atoms with Crippen molar-refractivity contribution in [2.75, 3.05) is 12.4 Å². The van der Waals surface area contributed by atoms with Crippen molar-refractivity contribution in [3.05, 3.63) is 40.8 Å². The first-order chi connectivity index (χ1) is 9.57. The summed E-state index contributed by atoms with van der Waals surface area (Å²) in [5.74, 6) is -0.115. The van der Waals surface area contributed by atoms with Crippen LogP contribution in [0.4, 0.5) is 0 Å². The average Bonchev–Trinajstić information content (AvgIpc) is 2.68. The number of thioether (sulfide) groups is 1. The summed E-state index contributed by atoms with van der Waals surface area (Å²) < 4.78 is 0. The minimum absolute atomic E-state index is 0.0284. The Morgan fingerprint density at radius 2 is 1.80 bits per heavy atom. The Morgan fingerprint density at radius 1 is 1.15 bits per heavy atom. The number of amides is 2. The van der Waals surface area contributed by atoms with Crippen molar-refractivity contribution in [1.82, 2.24) is 4.90 Å². The van der Waals surface area contributed by atoms with Gasteiger partial charge in [0.1, 0.15) is 0 Å². The highest BCUT2D eigenvalue weighted by Crippen LogP contribution is 2.36. The van der Waals surface area contributed by atoms with Crippen LogP contribution in [0.2, 0.25) is 0 Å². The zero-order chi connectivity index (χ0) is 14.7. The second kappa shape index (κ2) is 6.24. The molecular weight excluding hydrogens is 274 g/mol. The molecule has 0 bridgehead atoms. The van der Waals surface area contributed by atoms with E-state index in [4.69, 9.17) is 5.11 Å². The SMILES string of the molecule is CC(C)N1C(=O)C(SCCO)=C(c2ccccc2)C1=O. The number of carbonyl (C=O) groups is 2. The molecule has 4 nitrogen and oxygen atoms in total. The van der Waals surface area contributed by atoms with Gasteiger partial charge in [-0.2, -0.15) is 0 Å². The molecule has 0 atom stereocenters. The number of aliphatic hydroxyl groups is 1. The Labute approximate surface area is 122 Å². The highest BCUT2D eigenvalue weighted by Gasteiger charge is 2.40. The van der Waals surface area contributed by atoms with Crippen molar-refractivity contribution in [3.63, 3.8) is 0 Å². The number of aliphatic hydroxyl groups excluding tert-OH is 1. The number of nitrogens with zero attached hydrogens (tertiary/aromatic N) is 1. The third kappa shape index (κ3) is 2.64. The predicted molar refractivity (Wildman–Crippen MR) is 79.9 cm³/mol. The molecule has 0 aliphatic carbocycles. The van der Waals surface area contributed by atoms with Gasteiger partial charge in [0.05, 0.1) is 17.1 Å². The van der Waals surface area contributed by atoms with E-state index in [1.54, 1.807) is 0 Å². The van der Waals surface area contributed by atoms with Crippen molar-refractivity contribution >= 4 is 29.1 Å². The molecule has 1 aromatic carbocycles. The molecule has 0 saturated carbocycles. The largest absolute Gasteiger partial charge is 0.396 e. The fourth-order valence-electron chi connectivity index (χ4n) is 2.14. The molecule has 1 aromatic rings. The number of imide groups is 1. The first-order valence-electron chi connectivity index (χ1n) is 6.49. The first kappa shape index (κ1) is 14.8. The molecule has 0 spiro atoms. The third-order valence-corrected chi connectivity index (χ3v) is 4.04. The Kier molecular flexibility index (Phi) is 4.62. The molecule has 0 aromatic heterocycles. The van der Waals surface area contributed by atoms with Gasteiger partial charge in [0.15, 0.2) is 0 Å². The third-order valence-electron chi connectivity index (χ3n) is 2.99. The average molecular weight is 291 g/mol. The quantitative estimate of drug-likeness (QED) is 0.842.